The van der Waals surface area contributed by atoms with Crippen LogP contribution in [0.2, 0.25) is 0 Å². The first-order valence-corrected chi connectivity index (χ1v) is 7.46. The molecule has 1 aromatic rings. The molecule has 1 atom stereocenters. The van der Waals surface area contributed by atoms with Crippen molar-refractivity contribution in [3.05, 3.63) is 29.3 Å². The molecule has 0 aromatic heterocycles. The van der Waals surface area contributed by atoms with Crippen molar-refractivity contribution >= 4 is 11.8 Å². The van der Waals surface area contributed by atoms with Gasteiger partial charge in [0.05, 0.1) is 13.2 Å². The average Bonchev–Trinajstić information content (AvgIpc) is 2.40. The fourth-order valence-corrected chi connectivity index (χ4v) is 3.60. The van der Waals surface area contributed by atoms with Crippen LogP contribution in [0, 0.1) is 0 Å². The molecule has 0 bridgehead atoms. The van der Waals surface area contributed by atoms with Gasteiger partial charge in [-0.15, -0.1) is 11.8 Å². The van der Waals surface area contributed by atoms with Gasteiger partial charge >= 0.3 is 0 Å². The predicted molar refractivity (Wildman–Crippen MR) is 71.8 cm³/mol. The van der Waals surface area contributed by atoms with Crippen LogP contribution >= 0.6 is 11.8 Å². The molecule has 0 saturated carbocycles. The summed E-state index contributed by atoms with van der Waals surface area (Å²) in [6.45, 7) is 2.70. The molecule has 0 radical (unpaired) electrons. The number of aryl methyl sites for hydroxylation is 1. The Morgan fingerprint density at radius 3 is 3.29 bits per heavy atom. The quantitative estimate of drug-likeness (QED) is 0.868. The zero-order chi connectivity index (χ0) is 11.5. The van der Waals surface area contributed by atoms with Crippen molar-refractivity contribution in [2.75, 3.05) is 25.5 Å². The second-order valence-electron chi connectivity index (χ2n) is 4.82. The lowest BCUT2D eigenvalue weighted by molar-refractivity contribution is 0.0770. The summed E-state index contributed by atoms with van der Waals surface area (Å²) in [5.41, 5.74) is 3.00. The lowest BCUT2D eigenvalue weighted by Crippen LogP contribution is -2.42. The van der Waals surface area contributed by atoms with Crippen LogP contribution in [0.4, 0.5) is 0 Å². The molecule has 2 aliphatic heterocycles. The van der Waals surface area contributed by atoms with Crippen molar-refractivity contribution in [1.29, 1.82) is 0 Å². The highest BCUT2D eigenvalue weighted by molar-refractivity contribution is 7.99. The Labute approximate surface area is 107 Å². The third-order valence-corrected chi connectivity index (χ3v) is 4.66. The molecule has 1 unspecified atom stereocenters. The molecule has 17 heavy (non-hydrogen) atoms. The maximum atomic E-state index is 5.50. The average molecular weight is 249 g/mol. The lowest BCUT2D eigenvalue weighted by atomic mass is 10.0. The van der Waals surface area contributed by atoms with E-state index in [0.29, 0.717) is 6.04 Å². The largest absolute Gasteiger partial charge is 0.379 e. The van der Waals surface area contributed by atoms with Gasteiger partial charge in [0.15, 0.2) is 0 Å². The first kappa shape index (κ1) is 11.6. The molecule has 1 saturated heterocycles. The third kappa shape index (κ3) is 2.84. The van der Waals surface area contributed by atoms with E-state index >= 15 is 0 Å². The van der Waals surface area contributed by atoms with Crippen molar-refractivity contribution in [2.45, 2.75) is 30.2 Å². The summed E-state index contributed by atoms with van der Waals surface area (Å²) in [6, 6.07) is 7.49. The highest BCUT2D eigenvalue weighted by atomic mass is 32.2. The molecule has 0 spiro atoms. The minimum Gasteiger partial charge on any atom is -0.379 e. The Kier molecular flexibility index (Phi) is 3.69. The molecule has 3 rings (SSSR count). The standard InChI is InChI=1S/C14H19NOS/c1-2-12-8-11(3-4-14(12)17-7-1)9-13-10-16-6-5-15-13/h3-4,8,13,15H,1-2,5-7,9-10H2. The molecular weight excluding hydrogens is 230 g/mol. The van der Waals surface area contributed by atoms with Crippen LogP contribution in [0.5, 0.6) is 0 Å². The van der Waals surface area contributed by atoms with Gasteiger partial charge in [0.2, 0.25) is 0 Å². The number of nitrogens with one attached hydrogen (secondary N) is 1. The molecule has 0 amide bonds. The summed E-state index contributed by atoms with van der Waals surface area (Å²) in [6.07, 6.45) is 3.68. The third-order valence-electron chi connectivity index (χ3n) is 3.45. The van der Waals surface area contributed by atoms with Crippen LogP contribution in [-0.4, -0.2) is 31.6 Å². The van der Waals surface area contributed by atoms with Crippen molar-refractivity contribution in [2.24, 2.45) is 0 Å². The molecule has 1 fully saturated rings. The number of hydrogen-bond donors (Lipinski definition) is 1. The molecule has 3 heteroatoms. The summed E-state index contributed by atoms with van der Waals surface area (Å²) in [4.78, 5) is 1.49. The second kappa shape index (κ2) is 5.42. The van der Waals surface area contributed by atoms with E-state index in [9.17, 15) is 0 Å². The maximum Gasteiger partial charge on any atom is 0.0623 e. The van der Waals surface area contributed by atoms with Gasteiger partial charge in [-0.05, 0) is 42.2 Å². The van der Waals surface area contributed by atoms with E-state index in [-0.39, 0.29) is 0 Å². The predicted octanol–water partition coefficient (Wildman–Crippen LogP) is 2.26. The van der Waals surface area contributed by atoms with Crippen LogP contribution in [0.1, 0.15) is 17.5 Å². The molecule has 2 nitrogen and oxygen atoms in total. The Bertz CT molecular complexity index is 388. The molecule has 1 aromatic carbocycles. The van der Waals surface area contributed by atoms with E-state index in [1.165, 1.54) is 29.1 Å². The van der Waals surface area contributed by atoms with Crippen LogP contribution in [-0.2, 0) is 17.6 Å². The maximum absolute atomic E-state index is 5.50. The van der Waals surface area contributed by atoms with Gasteiger partial charge in [0.25, 0.3) is 0 Å². The van der Waals surface area contributed by atoms with Crippen LogP contribution < -0.4 is 5.32 Å². The zero-order valence-electron chi connectivity index (χ0n) is 10.1. The van der Waals surface area contributed by atoms with Gasteiger partial charge < -0.3 is 10.1 Å². The Morgan fingerprint density at radius 2 is 2.41 bits per heavy atom. The Morgan fingerprint density at radius 1 is 1.41 bits per heavy atom. The molecule has 2 aliphatic rings. The van der Waals surface area contributed by atoms with E-state index in [1.807, 2.05) is 11.8 Å². The minimum atomic E-state index is 0.498. The minimum absolute atomic E-state index is 0.498. The highest BCUT2D eigenvalue weighted by Gasteiger charge is 2.15. The number of benzene rings is 1. The SMILES string of the molecule is c1cc2c(cc1CC1COCCN1)CCCS2. The fourth-order valence-electron chi connectivity index (χ4n) is 2.58. The van der Waals surface area contributed by atoms with E-state index in [1.54, 1.807) is 5.56 Å². The number of thioether (sulfide) groups is 1. The number of fused-ring (bicyclic) bond motifs is 1. The van der Waals surface area contributed by atoms with Gasteiger partial charge in [-0.2, -0.15) is 0 Å². The normalized spacial score (nSPS) is 24.4. The lowest BCUT2D eigenvalue weighted by Gasteiger charge is -2.24. The first-order chi connectivity index (χ1) is 8.42. The number of ether oxygens (including phenoxy) is 1. The Balaban J connectivity index is 1.70. The van der Waals surface area contributed by atoms with Crippen LogP contribution in [0.25, 0.3) is 0 Å². The molecule has 92 valence electrons. The Hall–Kier alpha value is -0.510. The van der Waals surface area contributed by atoms with Crippen LogP contribution in [0.3, 0.4) is 0 Å². The van der Waals surface area contributed by atoms with E-state index in [0.717, 1.165) is 26.2 Å². The van der Waals surface area contributed by atoms with Crippen LogP contribution in [0.15, 0.2) is 23.1 Å². The van der Waals surface area contributed by atoms with E-state index in [4.69, 9.17) is 4.74 Å². The zero-order valence-corrected chi connectivity index (χ0v) is 10.9. The summed E-state index contributed by atoms with van der Waals surface area (Å²) in [5, 5.41) is 3.52. The van der Waals surface area contributed by atoms with Crippen molar-refractivity contribution < 1.29 is 4.74 Å². The summed E-state index contributed by atoms with van der Waals surface area (Å²) >= 11 is 2.00. The first-order valence-electron chi connectivity index (χ1n) is 6.47. The smallest absolute Gasteiger partial charge is 0.0623 e. The second-order valence-corrected chi connectivity index (χ2v) is 5.96. The van der Waals surface area contributed by atoms with E-state index < -0.39 is 0 Å². The fraction of sp³-hybridized carbons (Fsp3) is 0.571. The summed E-state index contributed by atoms with van der Waals surface area (Å²) < 4.78 is 5.50. The summed E-state index contributed by atoms with van der Waals surface area (Å²) in [7, 11) is 0. The molecule has 2 heterocycles. The number of rotatable bonds is 2. The van der Waals surface area contributed by atoms with E-state index in [2.05, 4.69) is 23.5 Å². The summed E-state index contributed by atoms with van der Waals surface area (Å²) in [5.74, 6) is 1.28. The van der Waals surface area contributed by atoms with Gasteiger partial charge in [-0.1, -0.05) is 12.1 Å². The van der Waals surface area contributed by atoms with Crippen molar-refractivity contribution in [1.82, 2.24) is 5.32 Å². The van der Waals surface area contributed by atoms with Gasteiger partial charge in [0, 0.05) is 17.5 Å². The number of hydrogen-bond acceptors (Lipinski definition) is 3. The topological polar surface area (TPSA) is 21.3 Å². The van der Waals surface area contributed by atoms with Gasteiger partial charge in [-0.25, -0.2) is 0 Å². The monoisotopic (exact) mass is 249 g/mol. The highest BCUT2D eigenvalue weighted by Crippen LogP contribution is 2.30. The van der Waals surface area contributed by atoms with Crippen molar-refractivity contribution in [3.63, 3.8) is 0 Å². The molecule has 0 aliphatic carbocycles. The molecule has 1 N–H and O–H groups in total. The number of morpholine rings is 1. The van der Waals surface area contributed by atoms with Gasteiger partial charge in [0.1, 0.15) is 0 Å². The molecular formula is C14H19NOS. The van der Waals surface area contributed by atoms with Crippen molar-refractivity contribution in [3.8, 4) is 0 Å². The van der Waals surface area contributed by atoms with Gasteiger partial charge in [-0.3, -0.25) is 0 Å².